The first-order chi connectivity index (χ1) is 17.2. The van der Waals surface area contributed by atoms with E-state index in [-0.39, 0.29) is 30.8 Å². The Morgan fingerprint density at radius 2 is 1.94 bits per heavy atom. The number of ether oxygens (including phenoxy) is 2. The number of carbonyl (C=O) groups is 3. The first-order valence-electron chi connectivity index (χ1n) is 12.7. The van der Waals surface area contributed by atoms with Crippen molar-refractivity contribution in [3.05, 3.63) is 29.3 Å². The molecule has 10 heteroatoms. The highest BCUT2D eigenvalue weighted by Crippen LogP contribution is 2.36. The van der Waals surface area contributed by atoms with Crippen molar-refractivity contribution in [1.82, 2.24) is 9.80 Å². The van der Waals surface area contributed by atoms with Crippen molar-refractivity contribution in [3.63, 3.8) is 0 Å². The van der Waals surface area contributed by atoms with Crippen molar-refractivity contribution < 1.29 is 29.0 Å². The monoisotopic (exact) mass is 502 g/mol. The fourth-order valence-electron chi connectivity index (χ4n) is 5.60. The molecule has 3 saturated heterocycles. The van der Waals surface area contributed by atoms with Gasteiger partial charge in [-0.2, -0.15) is 0 Å². The molecule has 1 aromatic rings. The third-order valence-electron chi connectivity index (χ3n) is 7.47. The minimum atomic E-state index is -0.915. The van der Waals surface area contributed by atoms with Crippen LogP contribution in [0.5, 0.6) is 0 Å². The van der Waals surface area contributed by atoms with E-state index in [1.807, 2.05) is 26.0 Å². The number of aliphatic hydroxyl groups excluding tert-OH is 1. The topological polar surface area (TPSA) is 126 Å². The average molecular weight is 503 g/mol. The quantitative estimate of drug-likeness (QED) is 0.491. The van der Waals surface area contributed by atoms with Crippen LogP contribution in [0.1, 0.15) is 42.1 Å². The summed E-state index contributed by atoms with van der Waals surface area (Å²) in [5, 5.41) is 10.4. The SMILES string of the molecule is COCCN1CCN(c2ccc(C(N)=O)c([C@H](CC(C)C)C(=O)N3C[C@@H](O)[C@H]4OCC(=O)[C@H]43)c2)CC1. The zero-order valence-electron chi connectivity index (χ0n) is 21.4. The number of fused-ring (bicyclic) bond motifs is 1. The second-order valence-corrected chi connectivity index (χ2v) is 10.4. The number of ketones is 1. The number of β-amino-alcohol motifs (C(OH)–C–C–N with tert-alkyl or cyclic N) is 1. The van der Waals surface area contributed by atoms with Gasteiger partial charge in [-0.1, -0.05) is 13.8 Å². The lowest BCUT2D eigenvalue weighted by molar-refractivity contribution is -0.138. The Morgan fingerprint density at radius 3 is 2.58 bits per heavy atom. The van der Waals surface area contributed by atoms with Crippen LogP contribution in [-0.4, -0.2) is 110 Å². The largest absolute Gasteiger partial charge is 0.388 e. The molecule has 0 saturated carbocycles. The fourth-order valence-corrected chi connectivity index (χ4v) is 5.60. The smallest absolute Gasteiger partial charge is 0.249 e. The molecule has 0 radical (unpaired) electrons. The lowest BCUT2D eigenvalue weighted by Crippen LogP contribution is -2.47. The van der Waals surface area contributed by atoms with Crippen LogP contribution in [0.2, 0.25) is 0 Å². The average Bonchev–Trinajstić information content (AvgIpc) is 3.40. The molecule has 0 unspecified atom stereocenters. The predicted octanol–water partition coefficient (Wildman–Crippen LogP) is 0.223. The molecular weight excluding hydrogens is 464 g/mol. The van der Waals surface area contributed by atoms with Gasteiger partial charge < -0.3 is 30.1 Å². The molecule has 36 heavy (non-hydrogen) atoms. The van der Waals surface area contributed by atoms with E-state index < -0.39 is 30.1 Å². The Labute approximate surface area is 212 Å². The lowest BCUT2D eigenvalue weighted by atomic mass is 9.85. The van der Waals surface area contributed by atoms with Gasteiger partial charge in [-0.25, -0.2) is 0 Å². The number of nitrogens with two attached hydrogens (primary N) is 1. The van der Waals surface area contributed by atoms with Gasteiger partial charge in [0.15, 0.2) is 5.78 Å². The zero-order chi connectivity index (χ0) is 26.0. The standard InChI is InChI=1S/C26H38N4O6/c1-16(2)12-20(26(34)30-14-21(31)24-23(30)22(32)15-36-24)19-13-17(4-5-18(19)25(27)33)29-8-6-28(7-9-29)10-11-35-3/h4-5,13,16,20-21,23-24,31H,6-12,14-15H2,1-3H3,(H2,27,33)/t20-,21+,23+,24+/m0/s1. The molecule has 4 rings (SSSR count). The minimum absolute atomic E-state index is 0.0313. The molecule has 3 fully saturated rings. The molecule has 3 heterocycles. The van der Waals surface area contributed by atoms with Crippen molar-refractivity contribution in [2.45, 2.75) is 44.4 Å². The number of primary amides is 1. The van der Waals surface area contributed by atoms with Crippen LogP contribution in [-0.2, 0) is 19.1 Å². The van der Waals surface area contributed by atoms with Gasteiger partial charge in [-0.3, -0.25) is 19.3 Å². The maximum absolute atomic E-state index is 13.9. The summed E-state index contributed by atoms with van der Waals surface area (Å²) in [5.41, 5.74) is 7.56. The molecule has 10 nitrogen and oxygen atoms in total. The maximum atomic E-state index is 13.9. The Hall–Kier alpha value is -2.53. The summed E-state index contributed by atoms with van der Waals surface area (Å²) >= 11 is 0. The van der Waals surface area contributed by atoms with Crippen LogP contribution in [0, 0.1) is 5.92 Å². The first kappa shape index (κ1) is 26.5. The van der Waals surface area contributed by atoms with Crippen molar-refractivity contribution in [1.29, 1.82) is 0 Å². The molecule has 1 aromatic carbocycles. The van der Waals surface area contributed by atoms with Crippen LogP contribution in [0.3, 0.4) is 0 Å². The molecular formula is C26H38N4O6. The summed E-state index contributed by atoms with van der Waals surface area (Å²) in [6.45, 7) is 8.93. The number of benzene rings is 1. The van der Waals surface area contributed by atoms with Crippen LogP contribution in [0.4, 0.5) is 5.69 Å². The van der Waals surface area contributed by atoms with E-state index in [0.29, 0.717) is 24.2 Å². The molecule has 3 N–H and O–H groups in total. The number of rotatable bonds is 9. The van der Waals surface area contributed by atoms with E-state index in [1.165, 1.54) is 4.90 Å². The number of carbonyl (C=O) groups excluding carboxylic acids is 3. The molecule has 3 aliphatic rings. The predicted molar refractivity (Wildman–Crippen MR) is 134 cm³/mol. The zero-order valence-corrected chi connectivity index (χ0v) is 21.4. The third kappa shape index (κ3) is 5.41. The van der Waals surface area contributed by atoms with E-state index in [1.54, 1.807) is 13.2 Å². The number of nitrogens with zero attached hydrogens (tertiary/aromatic N) is 3. The first-order valence-corrected chi connectivity index (χ1v) is 12.7. The molecule has 198 valence electrons. The second-order valence-electron chi connectivity index (χ2n) is 10.4. The van der Waals surface area contributed by atoms with Gasteiger partial charge in [0.1, 0.15) is 24.9 Å². The number of methoxy groups -OCH3 is 1. The van der Waals surface area contributed by atoms with Crippen molar-refractivity contribution in [3.8, 4) is 0 Å². The van der Waals surface area contributed by atoms with Gasteiger partial charge in [0.05, 0.1) is 19.1 Å². The van der Waals surface area contributed by atoms with Crippen LogP contribution in [0.25, 0.3) is 0 Å². The van der Waals surface area contributed by atoms with Gasteiger partial charge in [0.25, 0.3) is 0 Å². The number of anilines is 1. The summed E-state index contributed by atoms with van der Waals surface area (Å²) in [6, 6.07) is 4.71. The normalized spacial score (nSPS) is 25.5. The second kappa shape index (κ2) is 11.2. The highest BCUT2D eigenvalue weighted by molar-refractivity contribution is 5.99. The lowest BCUT2D eigenvalue weighted by Gasteiger charge is -2.36. The van der Waals surface area contributed by atoms with E-state index in [4.69, 9.17) is 15.2 Å². The summed E-state index contributed by atoms with van der Waals surface area (Å²) in [5.74, 6) is -1.61. The van der Waals surface area contributed by atoms with Gasteiger partial charge in [0.2, 0.25) is 11.8 Å². The number of amides is 2. The minimum Gasteiger partial charge on any atom is -0.388 e. The molecule has 4 atom stereocenters. The van der Waals surface area contributed by atoms with Gasteiger partial charge in [0, 0.05) is 51.1 Å². The fraction of sp³-hybridized carbons (Fsp3) is 0.654. The van der Waals surface area contributed by atoms with Gasteiger partial charge >= 0.3 is 0 Å². The number of hydrogen-bond acceptors (Lipinski definition) is 8. The Morgan fingerprint density at radius 1 is 1.22 bits per heavy atom. The van der Waals surface area contributed by atoms with Gasteiger partial charge in [-0.05, 0) is 36.1 Å². The Kier molecular flexibility index (Phi) is 8.29. The summed E-state index contributed by atoms with van der Waals surface area (Å²) in [6.07, 6.45) is -1.13. The Bertz CT molecular complexity index is 977. The Balaban J connectivity index is 1.63. The summed E-state index contributed by atoms with van der Waals surface area (Å²) in [7, 11) is 1.70. The molecule has 0 spiro atoms. The molecule has 0 bridgehead atoms. The maximum Gasteiger partial charge on any atom is 0.249 e. The number of Topliss-reactive ketones (excluding diaryl/α,β-unsaturated/α-hetero) is 1. The van der Waals surface area contributed by atoms with Gasteiger partial charge in [-0.15, -0.1) is 0 Å². The molecule has 2 amide bonds. The third-order valence-corrected chi connectivity index (χ3v) is 7.47. The van der Waals surface area contributed by atoms with E-state index >= 15 is 0 Å². The summed E-state index contributed by atoms with van der Waals surface area (Å²) in [4.78, 5) is 44.9. The van der Waals surface area contributed by atoms with Crippen molar-refractivity contribution in [2.75, 3.05) is 64.5 Å². The van der Waals surface area contributed by atoms with Crippen LogP contribution in [0.15, 0.2) is 18.2 Å². The van der Waals surface area contributed by atoms with Crippen molar-refractivity contribution in [2.24, 2.45) is 11.7 Å². The van der Waals surface area contributed by atoms with E-state index in [2.05, 4.69) is 9.80 Å². The highest BCUT2D eigenvalue weighted by atomic mass is 16.5. The number of piperazine rings is 1. The number of aliphatic hydroxyl groups is 1. The summed E-state index contributed by atoms with van der Waals surface area (Å²) < 4.78 is 10.6. The molecule has 0 aliphatic carbocycles. The molecule has 0 aromatic heterocycles. The molecule has 3 aliphatic heterocycles. The van der Waals surface area contributed by atoms with Crippen LogP contribution >= 0.6 is 0 Å². The van der Waals surface area contributed by atoms with Crippen molar-refractivity contribution >= 4 is 23.3 Å². The highest BCUT2D eigenvalue weighted by Gasteiger charge is 2.52. The number of hydrogen-bond donors (Lipinski definition) is 2. The van der Waals surface area contributed by atoms with E-state index in [0.717, 1.165) is 38.4 Å². The van der Waals surface area contributed by atoms with E-state index in [9.17, 15) is 19.5 Å². The number of likely N-dealkylation sites (tertiary alicyclic amines) is 1. The van der Waals surface area contributed by atoms with Crippen LogP contribution < -0.4 is 10.6 Å².